The number of carbonyl (C=O) groups excluding carboxylic acids is 2. The van der Waals surface area contributed by atoms with E-state index in [1.807, 2.05) is 27.7 Å². The van der Waals surface area contributed by atoms with Gasteiger partial charge in [0, 0.05) is 35.9 Å². The number of nitrogens with one attached hydrogen (secondary N) is 2. The number of hydrogen-bond donors (Lipinski definition) is 2. The number of carbonyl (C=O) groups is 2. The second kappa shape index (κ2) is 11.4. The van der Waals surface area contributed by atoms with Crippen molar-refractivity contribution in [1.29, 1.82) is 0 Å². The van der Waals surface area contributed by atoms with Gasteiger partial charge in [-0.15, -0.1) is 0 Å². The van der Waals surface area contributed by atoms with Crippen LogP contribution in [0.15, 0.2) is 53.4 Å². The highest BCUT2D eigenvalue weighted by Gasteiger charge is 2.25. The molecule has 0 aliphatic heterocycles. The van der Waals surface area contributed by atoms with E-state index in [1.165, 1.54) is 16.4 Å². The van der Waals surface area contributed by atoms with Crippen molar-refractivity contribution in [3.8, 4) is 0 Å². The lowest BCUT2D eigenvalue weighted by molar-refractivity contribution is -0.118. The summed E-state index contributed by atoms with van der Waals surface area (Å²) in [6.45, 7) is 12.5. The Kier molecular flexibility index (Phi) is 9.19. The van der Waals surface area contributed by atoms with Crippen molar-refractivity contribution < 1.29 is 18.0 Å². The molecule has 0 saturated heterocycles. The van der Waals surface area contributed by atoms with E-state index < -0.39 is 10.0 Å². The first kappa shape index (κ1) is 26.5. The number of hydrogen-bond acceptors (Lipinski definition) is 4. The number of anilines is 2. The van der Waals surface area contributed by atoms with E-state index in [9.17, 15) is 18.0 Å². The minimum Gasteiger partial charge on any atom is -0.326 e. The molecular formula is C25H35N3O4S. The average molecular weight is 474 g/mol. The molecule has 33 heavy (non-hydrogen) atoms. The Morgan fingerprint density at radius 1 is 0.758 bits per heavy atom. The molecule has 0 heterocycles. The van der Waals surface area contributed by atoms with Gasteiger partial charge < -0.3 is 10.6 Å². The van der Waals surface area contributed by atoms with Crippen LogP contribution in [-0.4, -0.2) is 37.6 Å². The summed E-state index contributed by atoms with van der Waals surface area (Å²) in [6.07, 6.45) is 0. The quantitative estimate of drug-likeness (QED) is 0.516. The van der Waals surface area contributed by atoms with Crippen LogP contribution in [0, 0.1) is 17.8 Å². The predicted molar refractivity (Wildman–Crippen MR) is 133 cm³/mol. The molecule has 2 aromatic rings. The molecule has 7 nitrogen and oxygen atoms in total. The number of sulfonamides is 1. The molecule has 0 saturated carbocycles. The zero-order valence-corrected chi connectivity index (χ0v) is 21.1. The van der Waals surface area contributed by atoms with Crippen LogP contribution < -0.4 is 10.6 Å². The first-order chi connectivity index (χ1) is 15.4. The van der Waals surface area contributed by atoms with Crippen molar-refractivity contribution in [2.45, 2.75) is 46.4 Å². The number of rotatable bonds is 10. The minimum absolute atomic E-state index is 0.0948. The van der Waals surface area contributed by atoms with Crippen LogP contribution in [0.3, 0.4) is 0 Å². The van der Waals surface area contributed by atoms with Gasteiger partial charge in [-0.2, -0.15) is 4.31 Å². The Balaban J connectivity index is 2.10. The van der Waals surface area contributed by atoms with Crippen LogP contribution in [0.5, 0.6) is 0 Å². The van der Waals surface area contributed by atoms with E-state index in [1.54, 1.807) is 50.2 Å². The summed E-state index contributed by atoms with van der Waals surface area (Å²) in [4.78, 5) is 24.5. The van der Waals surface area contributed by atoms with Gasteiger partial charge in [0.25, 0.3) is 5.91 Å². The topological polar surface area (TPSA) is 95.6 Å². The highest BCUT2D eigenvalue weighted by atomic mass is 32.2. The van der Waals surface area contributed by atoms with E-state index >= 15 is 0 Å². The molecule has 2 rings (SSSR count). The summed E-state index contributed by atoms with van der Waals surface area (Å²) in [5.41, 5.74) is 1.54. The number of amides is 2. The Morgan fingerprint density at radius 2 is 1.21 bits per heavy atom. The van der Waals surface area contributed by atoms with Crippen LogP contribution >= 0.6 is 0 Å². The van der Waals surface area contributed by atoms with E-state index in [-0.39, 0.29) is 34.5 Å². The molecule has 0 unspecified atom stereocenters. The van der Waals surface area contributed by atoms with Crippen molar-refractivity contribution in [3.63, 3.8) is 0 Å². The highest BCUT2D eigenvalue weighted by Crippen LogP contribution is 2.21. The summed E-state index contributed by atoms with van der Waals surface area (Å²) in [7, 11) is -3.62. The van der Waals surface area contributed by atoms with Crippen molar-refractivity contribution in [2.75, 3.05) is 23.7 Å². The molecule has 0 aliphatic carbocycles. The van der Waals surface area contributed by atoms with Gasteiger partial charge >= 0.3 is 0 Å². The second-order valence-corrected chi connectivity index (χ2v) is 11.2. The van der Waals surface area contributed by atoms with Gasteiger partial charge in [0.05, 0.1) is 4.90 Å². The van der Waals surface area contributed by atoms with Crippen molar-refractivity contribution in [1.82, 2.24) is 4.31 Å². The molecule has 0 aliphatic rings. The van der Waals surface area contributed by atoms with E-state index in [2.05, 4.69) is 10.6 Å². The zero-order chi connectivity index (χ0) is 24.8. The monoisotopic (exact) mass is 473 g/mol. The van der Waals surface area contributed by atoms with Crippen molar-refractivity contribution in [2.24, 2.45) is 17.8 Å². The Bertz CT molecular complexity index is 1030. The van der Waals surface area contributed by atoms with Gasteiger partial charge in [0.2, 0.25) is 15.9 Å². The minimum atomic E-state index is -3.62. The van der Waals surface area contributed by atoms with Gasteiger partial charge in [-0.3, -0.25) is 9.59 Å². The van der Waals surface area contributed by atoms with Crippen LogP contribution in [0.1, 0.15) is 51.9 Å². The van der Waals surface area contributed by atoms with Crippen LogP contribution in [0.2, 0.25) is 0 Å². The number of benzene rings is 2. The fourth-order valence-corrected chi connectivity index (χ4v) is 4.91. The largest absolute Gasteiger partial charge is 0.326 e. The zero-order valence-electron chi connectivity index (χ0n) is 20.3. The van der Waals surface area contributed by atoms with Gasteiger partial charge in [0.1, 0.15) is 0 Å². The van der Waals surface area contributed by atoms with E-state index in [0.717, 1.165) is 0 Å². The Hall–Kier alpha value is -2.71. The van der Waals surface area contributed by atoms with Crippen molar-refractivity contribution >= 4 is 33.2 Å². The molecule has 0 spiro atoms. The van der Waals surface area contributed by atoms with E-state index in [4.69, 9.17) is 0 Å². The smallest absolute Gasteiger partial charge is 0.255 e. The first-order valence-corrected chi connectivity index (χ1v) is 12.7. The fourth-order valence-electron chi connectivity index (χ4n) is 3.14. The summed E-state index contributed by atoms with van der Waals surface area (Å²) < 4.78 is 27.8. The summed E-state index contributed by atoms with van der Waals surface area (Å²) >= 11 is 0. The SMILES string of the molecule is CC(C)CN(CC(C)C)S(=O)(=O)c1ccc(NC(=O)c2ccc(NC(=O)C(C)C)cc2)cc1. The lowest BCUT2D eigenvalue weighted by Crippen LogP contribution is -2.37. The maximum absolute atomic E-state index is 13.1. The maximum Gasteiger partial charge on any atom is 0.255 e. The second-order valence-electron chi connectivity index (χ2n) is 9.31. The predicted octanol–water partition coefficient (Wildman–Crippen LogP) is 4.84. The van der Waals surface area contributed by atoms with Crippen molar-refractivity contribution in [3.05, 3.63) is 54.1 Å². The normalized spacial score (nSPS) is 11.9. The van der Waals surface area contributed by atoms with Crippen LogP contribution in [0.4, 0.5) is 11.4 Å². The Labute approximate surface area is 197 Å². The lowest BCUT2D eigenvalue weighted by atomic mass is 10.1. The van der Waals surface area contributed by atoms with Crippen LogP contribution in [0.25, 0.3) is 0 Å². The standard InChI is InChI=1S/C25H35N3O4S/c1-17(2)15-28(16-18(3)4)33(31,32)23-13-11-22(12-14-23)27-25(30)20-7-9-21(10-8-20)26-24(29)19(5)6/h7-14,17-19H,15-16H2,1-6H3,(H,26,29)(H,27,30). The molecule has 180 valence electrons. The van der Waals surface area contributed by atoms with Gasteiger partial charge in [0.15, 0.2) is 0 Å². The average Bonchev–Trinajstić information content (AvgIpc) is 2.73. The molecule has 2 N–H and O–H groups in total. The summed E-state index contributed by atoms with van der Waals surface area (Å²) in [5, 5.41) is 5.55. The first-order valence-electron chi connectivity index (χ1n) is 11.2. The Morgan fingerprint density at radius 3 is 1.67 bits per heavy atom. The fraction of sp³-hybridized carbons (Fsp3) is 0.440. The molecule has 8 heteroatoms. The van der Waals surface area contributed by atoms with Crippen LogP contribution in [-0.2, 0) is 14.8 Å². The summed E-state index contributed by atoms with van der Waals surface area (Å²) in [6, 6.07) is 12.8. The lowest BCUT2D eigenvalue weighted by Gasteiger charge is -2.25. The molecule has 0 aromatic heterocycles. The van der Waals surface area contributed by atoms with Gasteiger partial charge in [-0.05, 0) is 60.4 Å². The third kappa shape index (κ3) is 7.68. The molecule has 2 aromatic carbocycles. The van der Waals surface area contributed by atoms with Gasteiger partial charge in [-0.1, -0.05) is 41.5 Å². The molecule has 2 amide bonds. The number of nitrogens with zero attached hydrogens (tertiary/aromatic N) is 1. The molecule has 0 atom stereocenters. The molecule has 0 fully saturated rings. The highest BCUT2D eigenvalue weighted by molar-refractivity contribution is 7.89. The van der Waals surface area contributed by atoms with E-state index in [0.29, 0.717) is 30.0 Å². The molecule has 0 radical (unpaired) electrons. The molecular weight excluding hydrogens is 438 g/mol. The third-order valence-corrected chi connectivity index (χ3v) is 6.67. The molecule has 0 bridgehead atoms. The maximum atomic E-state index is 13.1. The third-order valence-electron chi connectivity index (χ3n) is 4.83. The summed E-state index contributed by atoms with van der Waals surface area (Å²) in [5.74, 6) is -0.136. The van der Waals surface area contributed by atoms with Gasteiger partial charge in [-0.25, -0.2) is 8.42 Å².